The number of carbonyl (C=O) groups is 1. The van der Waals surface area contributed by atoms with Crippen molar-refractivity contribution >= 4 is 12.0 Å². The maximum absolute atomic E-state index is 12.4. The summed E-state index contributed by atoms with van der Waals surface area (Å²) in [6.45, 7) is 2.35. The van der Waals surface area contributed by atoms with Crippen molar-refractivity contribution in [3.05, 3.63) is 65.2 Å². The second-order valence-corrected chi connectivity index (χ2v) is 6.96. The third-order valence-corrected chi connectivity index (χ3v) is 5.03. The summed E-state index contributed by atoms with van der Waals surface area (Å²) in [4.78, 5) is 14.3. The van der Waals surface area contributed by atoms with E-state index in [-0.39, 0.29) is 17.4 Å². The van der Waals surface area contributed by atoms with E-state index < -0.39 is 0 Å². The fourth-order valence-corrected chi connectivity index (χ4v) is 3.51. The summed E-state index contributed by atoms with van der Waals surface area (Å²) >= 11 is 0. The molecule has 0 atom stereocenters. The number of piperidine rings is 1. The lowest BCUT2D eigenvalue weighted by atomic mass is 9.88. The van der Waals surface area contributed by atoms with Crippen LogP contribution < -0.4 is 5.32 Å². The Labute approximate surface area is 160 Å². The molecule has 1 aliphatic rings. The first-order chi connectivity index (χ1) is 13.1. The van der Waals surface area contributed by atoms with Crippen LogP contribution >= 0.6 is 0 Å². The number of hydrogen-bond acceptors (Lipinski definition) is 4. The van der Waals surface area contributed by atoms with E-state index in [0.717, 1.165) is 32.5 Å². The zero-order valence-corrected chi connectivity index (χ0v) is 15.6. The molecule has 0 spiro atoms. The molecule has 1 fully saturated rings. The predicted molar refractivity (Wildman–Crippen MR) is 107 cm³/mol. The molecule has 1 amide bonds. The molecule has 2 aromatic carbocycles. The standard InChI is InChI=1S/C22H26N2O3/c1-23-15-17-3-2-4-19(13-17)18-9-11-24(12-10-18)22(27)8-6-16-5-7-20(25)21(26)14-16/h2-8,13-14,18,23,25-26H,9-12,15H2,1H3. The van der Waals surface area contributed by atoms with Crippen molar-refractivity contribution in [1.82, 2.24) is 10.2 Å². The second-order valence-electron chi connectivity index (χ2n) is 6.96. The van der Waals surface area contributed by atoms with Crippen LogP contribution in [-0.2, 0) is 11.3 Å². The molecule has 1 heterocycles. The third-order valence-electron chi connectivity index (χ3n) is 5.03. The van der Waals surface area contributed by atoms with Gasteiger partial charge in [-0.15, -0.1) is 0 Å². The van der Waals surface area contributed by atoms with Gasteiger partial charge >= 0.3 is 0 Å². The van der Waals surface area contributed by atoms with Crippen LogP contribution in [0.15, 0.2) is 48.5 Å². The number of phenolic OH excluding ortho intramolecular Hbond substituents is 2. The fourth-order valence-electron chi connectivity index (χ4n) is 3.51. The van der Waals surface area contributed by atoms with E-state index in [1.165, 1.54) is 29.3 Å². The second kappa shape index (κ2) is 8.73. The summed E-state index contributed by atoms with van der Waals surface area (Å²) in [6, 6.07) is 13.2. The number of amides is 1. The maximum Gasteiger partial charge on any atom is 0.246 e. The van der Waals surface area contributed by atoms with Crippen molar-refractivity contribution in [3.8, 4) is 11.5 Å². The Kier molecular flexibility index (Phi) is 6.14. The third kappa shape index (κ3) is 4.89. The van der Waals surface area contributed by atoms with Gasteiger partial charge < -0.3 is 20.4 Å². The van der Waals surface area contributed by atoms with E-state index in [1.54, 1.807) is 12.1 Å². The van der Waals surface area contributed by atoms with Crippen LogP contribution in [0.4, 0.5) is 0 Å². The van der Waals surface area contributed by atoms with Crippen molar-refractivity contribution < 1.29 is 15.0 Å². The highest BCUT2D eigenvalue weighted by Gasteiger charge is 2.22. The van der Waals surface area contributed by atoms with E-state index in [4.69, 9.17) is 0 Å². The van der Waals surface area contributed by atoms with Gasteiger partial charge in [0.15, 0.2) is 11.5 Å². The first-order valence-corrected chi connectivity index (χ1v) is 9.29. The van der Waals surface area contributed by atoms with Gasteiger partial charge in [-0.2, -0.15) is 0 Å². The molecule has 3 N–H and O–H groups in total. The SMILES string of the molecule is CNCc1cccc(C2CCN(C(=O)C=Cc3ccc(O)c(O)c3)CC2)c1. The summed E-state index contributed by atoms with van der Waals surface area (Å²) in [5, 5.41) is 22.0. The highest BCUT2D eigenvalue weighted by atomic mass is 16.3. The lowest BCUT2D eigenvalue weighted by Gasteiger charge is -2.31. The smallest absolute Gasteiger partial charge is 0.246 e. The molecule has 0 saturated carbocycles. The minimum absolute atomic E-state index is 0.0232. The molecule has 0 aromatic heterocycles. The summed E-state index contributed by atoms with van der Waals surface area (Å²) in [5.74, 6) is 0.110. The molecule has 0 radical (unpaired) electrons. The van der Waals surface area contributed by atoms with Gasteiger partial charge in [0, 0.05) is 25.7 Å². The van der Waals surface area contributed by atoms with Gasteiger partial charge in [0.2, 0.25) is 5.91 Å². The molecule has 1 aliphatic heterocycles. The topological polar surface area (TPSA) is 72.8 Å². The summed E-state index contributed by atoms with van der Waals surface area (Å²) in [5.41, 5.74) is 3.31. The van der Waals surface area contributed by atoms with E-state index in [1.807, 2.05) is 11.9 Å². The molecule has 5 nitrogen and oxygen atoms in total. The lowest BCUT2D eigenvalue weighted by molar-refractivity contribution is -0.126. The van der Waals surface area contributed by atoms with Crippen molar-refractivity contribution in [2.24, 2.45) is 0 Å². The zero-order chi connectivity index (χ0) is 19.2. The molecule has 0 unspecified atom stereocenters. The summed E-state index contributed by atoms with van der Waals surface area (Å²) in [6.07, 6.45) is 5.11. The lowest BCUT2D eigenvalue weighted by Crippen LogP contribution is -2.36. The average Bonchev–Trinajstić information content (AvgIpc) is 2.69. The van der Waals surface area contributed by atoms with E-state index in [2.05, 4.69) is 29.6 Å². The molecule has 0 aliphatic carbocycles. The number of hydrogen-bond donors (Lipinski definition) is 3. The Bertz CT molecular complexity index is 824. The highest BCUT2D eigenvalue weighted by molar-refractivity contribution is 5.92. The molecule has 27 heavy (non-hydrogen) atoms. The normalized spacial score (nSPS) is 15.4. The molecular formula is C22H26N2O3. The number of nitrogens with one attached hydrogen (secondary N) is 1. The average molecular weight is 366 g/mol. The fraction of sp³-hybridized carbons (Fsp3) is 0.318. The maximum atomic E-state index is 12.4. The van der Waals surface area contributed by atoms with Crippen LogP contribution in [0.3, 0.4) is 0 Å². The minimum Gasteiger partial charge on any atom is -0.504 e. The molecule has 1 saturated heterocycles. The molecule has 142 valence electrons. The van der Waals surface area contributed by atoms with Crippen molar-refractivity contribution in [1.29, 1.82) is 0 Å². The van der Waals surface area contributed by atoms with Crippen LogP contribution in [0.1, 0.15) is 35.4 Å². The van der Waals surface area contributed by atoms with Crippen LogP contribution in [0.25, 0.3) is 6.08 Å². The predicted octanol–water partition coefficient (Wildman–Crippen LogP) is 3.24. The van der Waals surface area contributed by atoms with Crippen LogP contribution in [0, 0.1) is 0 Å². The van der Waals surface area contributed by atoms with Crippen molar-refractivity contribution in [2.45, 2.75) is 25.3 Å². The molecule has 0 bridgehead atoms. The Morgan fingerprint density at radius 1 is 1.15 bits per heavy atom. The van der Waals surface area contributed by atoms with Gasteiger partial charge in [-0.05, 0) is 60.7 Å². The number of aromatic hydroxyl groups is 2. The zero-order valence-electron chi connectivity index (χ0n) is 15.6. The van der Waals surface area contributed by atoms with E-state index >= 15 is 0 Å². The molecule has 2 aromatic rings. The summed E-state index contributed by atoms with van der Waals surface area (Å²) in [7, 11) is 1.95. The Morgan fingerprint density at radius 3 is 2.63 bits per heavy atom. The van der Waals surface area contributed by atoms with Gasteiger partial charge in [-0.3, -0.25) is 4.79 Å². The van der Waals surface area contributed by atoms with Crippen LogP contribution in [0.5, 0.6) is 11.5 Å². The van der Waals surface area contributed by atoms with Crippen molar-refractivity contribution in [3.63, 3.8) is 0 Å². The number of phenols is 2. The van der Waals surface area contributed by atoms with Gasteiger partial charge in [-0.25, -0.2) is 0 Å². The van der Waals surface area contributed by atoms with Gasteiger partial charge in [0.05, 0.1) is 0 Å². The number of nitrogens with zero attached hydrogens (tertiary/aromatic N) is 1. The molecule has 5 heteroatoms. The Morgan fingerprint density at radius 2 is 1.93 bits per heavy atom. The van der Waals surface area contributed by atoms with Gasteiger partial charge in [0.25, 0.3) is 0 Å². The van der Waals surface area contributed by atoms with E-state index in [9.17, 15) is 15.0 Å². The number of rotatable bonds is 5. The monoisotopic (exact) mass is 366 g/mol. The summed E-state index contributed by atoms with van der Waals surface area (Å²) < 4.78 is 0. The van der Waals surface area contributed by atoms with Gasteiger partial charge in [0.1, 0.15) is 0 Å². The van der Waals surface area contributed by atoms with Crippen LogP contribution in [-0.4, -0.2) is 41.2 Å². The highest BCUT2D eigenvalue weighted by Crippen LogP contribution is 2.29. The number of carbonyl (C=O) groups excluding carboxylic acids is 1. The minimum atomic E-state index is -0.189. The largest absolute Gasteiger partial charge is 0.504 e. The Hall–Kier alpha value is -2.79. The van der Waals surface area contributed by atoms with Crippen LogP contribution in [0.2, 0.25) is 0 Å². The van der Waals surface area contributed by atoms with Crippen molar-refractivity contribution in [2.75, 3.05) is 20.1 Å². The first-order valence-electron chi connectivity index (χ1n) is 9.29. The Balaban J connectivity index is 1.56. The first kappa shape index (κ1) is 19.0. The quantitative estimate of drug-likeness (QED) is 0.561. The van der Waals surface area contributed by atoms with Gasteiger partial charge in [-0.1, -0.05) is 30.3 Å². The van der Waals surface area contributed by atoms with E-state index in [0.29, 0.717) is 11.5 Å². The molecular weight excluding hydrogens is 340 g/mol. The number of benzene rings is 2. The number of likely N-dealkylation sites (tertiary alicyclic amines) is 1. The molecule has 3 rings (SSSR count).